The molecule has 116 valence electrons. The molecule has 2 aliphatic rings. The van der Waals surface area contributed by atoms with Crippen LogP contribution in [0, 0.1) is 5.92 Å². The van der Waals surface area contributed by atoms with Crippen LogP contribution in [0.25, 0.3) is 0 Å². The lowest BCUT2D eigenvalue weighted by atomic mass is 9.88. The van der Waals surface area contributed by atoms with E-state index in [-0.39, 0.29) is 18.1 Å². The third-order valence-corrected chi connectivity index (χ3v) is 4.19. The van der Waals surface area contributed by atoms with Crippen LogP contribution in [0.4, 0.5) is 0 Å². The highest BCUT2D eigenvalue weighted by Gasteiger charge is 2.27. The van der Waals surface area contributed by atoms with Crippen molar-refractivity contribution in [2.75, 3.05) is 26.3 Å². The minimum Gasteiger partial charge on any atom is -0.379 e. The molecule has 2 rings (SSSR count). The number of hydrogen-bond donors (Lipinski definition) is 1. The van der Waals surface area contributed by atoms with Gasteiger partial charge in [-0.25, -0.2) is 5.01 Å². The first kappa shape index (κ1) is 15.7. The van der Waals surface area contributed by atoms with Crippen molar-refractivity contribution in [3.8, 4) is 0 Å². The van der Waals surface area contributed by atoms with Crippen molar-refractivity contribution in [3.63, 3.8) is 0 Å². The van der Waals surface area contributed by atoms with Crippen molar-refractivity contribution in [3.05, 3.63) is 0 Å². The third kappa shape index (κ3) is 4.72. The first-order valence-corrected chi connectivity index (χ1v) is 7.97. The lowest BCUT2D eigenvalue weighted by molar-refractivity contribution is -0.145. The van der Waals surface area contributed by atoms with Crippen LogP contribution < -0.4 is 5.43 Å². The summed E-state index contributed by atoms with van der Waals surface area (Å²) in [7, 11) is 0. The average Bonchev–Trinajstić information content (AvgIpc) is 2.46. The fraction of sp³-hybridized carbons (Fsp3) is 0.933. The Kier molecular flexibility index (Phi) is 6.26. The topological polar surface area (TPSA) is 50.8 Å². The monoisotopic (exact) mass is 284 g/mol. The minimum absolute atomic E-state index is 0.00683. The minimum atomic E-state index is -0.326. The zero-order chi connectivity index (χ0) is 14.4. The number of rotatable bonds is 5. The zero-order valence-corrected chi connectivity index (χ0v) is 12.8. The van der Waals surface area contributed by atoms with E-state index in [0.717, 1.165) is 32.4 Å². The van der Waals surface area contributed by atoms with Crippen LogP contribution in [0.2, 0.25) is 0 Å². The Morgan fingerprint density at radius 1 is 1.40 bits per heavy atom. The standard InChI is InChI=1S/C15H28N2O3/c1-3-14(20-13-6-4-5-12(2)11-13)15(18)16-17-7-9-19-10-8-17/h12-14H,3-11H2,1-2H3,(H,16,18)/t12-,13-,14-/m0/s1. The van der Waals surface area contributed by atoms with Crippen LogP contribution in [-0.4, -0.2) is 49.4 Å². The molecule has 5 heteroatoms. The SMILES string of the molecule is CC[C@H](O[C@H]1CCC[C@H](C)C1)C(=O)NN1CCOCC1. The Bertz CT molecular complexity index is 305. The molecule has 0 aromatic carbocycles. The summed E-state index contributed by atoms with van der Waals surface area (Å²) in [5.74, 6) is 0.709. The highest BCUT2D eigenvalue weighted by atomic mass is 16.5. The van der Waals surface area contributed by atoms with Gasteiger partial charge in [-0.05, 0) is 25.2 Å². The van der Waals surface area contributed by atoms with E-state index in [9.17, 15) is 4.79 Å². The predicted molar refractivity (Wildman–Crippen MR) is 77.1 cm³/mol. The van der Waals surface area contributed by atoms with Crippen molar-refractivity contribution < 1.29 is 14.3 Å². The number of hydrazine groups is 1. The predicted octanol–water partition coefficient (Wildman–Crippen LogP) is 1.72. The maximum absolute atomic E-state index is 12.3. The first-order chi connectivity index (χ1) is 9.69. The molecule has 3 atom stereocenters. The lowest BCUT2D eigenvalue weighted by Gasteiger charge is -2.32. The van der Waals surface area contributed by atoms with Crippen LogP contribution in [0.1, 0.15) is 46.0 Å². The van der Waals surface area contributed by atoms with Crippen molar-refractivity contribution in [2.24, 2.45) is 5.92 Å². The second-order valence-electron chi connectivity index (χ2n) is 6.00. The molecule has 5 nitrogen and oxygen atoms in total. The summed E-state index contributed by atoms with van der Waals surface area (Å²) in [5.41, 5.74) is 2.96. The number of morpholine rings is 1. The highest BCUT2D eigenvalue weighted by Crippen LogP contribution is 2.26. The van der Waals surface area contributed by atoms with E-state index in [1.807, 2.05) is 11.9 Å². The van der Waals surface area contributed by atoms with Gasteiger partial charge in [0.25, 0.3) is 5.91 Å². The summed E-state index contributed by atoms with van der Waals surface area (Å²) in [4.78, 5) is 12.3. The summed E-state index contributed by atoms with van der Waals surface area (Å²) in [6.45, 7) is 7.14. The van der Waals surface area contributed by atoms with Crippen LogP contribution >= 0.6 is 0 Å². The van der Waals surface area contributed by atoms with E-state index >= 15 is 0 Å². The molecule has 1 heterocycles. The average molecular weight is 284 g/mol. The fourth-order valence-corrected chi connectivity index (χ4v) is 2.98. The number of nitrogens with zero attached hydrogens (tertiary/aromatic N) is 1. The smallest absolute Gasteiger partial charge is 0.263 e. The molecule has 1 aliphatic heterocycles. The van der Waals surface area contributed by atoms with Crippen molar-refractivity contribution in [1.82, 2.24) is 10.4 Å². The number of nitrogens with one attached hydrogen (secondary N) is 1. The molecule has 1 saturated heterocycles. The molecular formula is C15H28N2O3. The second kappa shape index (κ2) is 7.96. The van der Waals surface area contributed by atoms with Gasteiger partial charge in [0.05, 0.1) is 19.3 Å². The fourth-order valence-electron chi connectivity index (χ4n) is 2.98. The van der Waals surface area contributed by atoms with Crippen molar-refractivity contribution in [1.29, 1.82) is 0 Å². The van der Waals surface area contributed by atoms with E-state index in [1.54, 1.807) is 0 Å². The summed E-state index contributed by atoms with van der Waals surface area (Å²) in [6.07, 6.45) is 5.32. The molecule has 0 unspecified atom stereocenters. The molecule has 0 radical (unpaired) electrons. The summed E-state index contributed by atoms with van der Waals surface area (Å²) in [5, 5.41) is 1.93. The Hall–Kier alpha value is -0.650. The molecule has 1 saturated carbocycles. The zero-order valence-electron chi connectivity index (χ0n) is 12.8. The van der Waals surface area contributed by atoms with E-state index in [0.29, 0.717) is 19.1 Å². The van der Waals surface area contributed by atoms with Gasteiger partial charge in [0.15, 0.2) is 0 Å². The van der Waals surface area contributed by atoms with E-state index in [1.165, 1.54) is 12.8 Å². The van der Waals surface area contributed by atoms with Gasteiger partial charge in [-0.15, -0.1) is 0 Å². The molecule has 20 heavy (non-hydrogen) atoms. The largest absolute Gasteiger partial charge is 0.379 e. The molecular weight excluding hydrogens is 256 g/mol. The van der Waals surface area contributed by atoms with E-state index < -0.39 is 0 Å². The molecule has 0 aromatic rings. The van der Waals surface area contributed by atoms with Crippen LogP contribution in [0.5, 0.6) is 0 Å². The van der Waals surface area contributed by atoms with Crippen LogP contribution in [-0.2, 0) is 14.3 Å². The van der Waals surface area contributed by atoms with Crippen LogP contribution in [0.15, 0.2) is 0 Å². The summed E-state index contributed by atoms with van der Waals surface area (Å²) in [6, 6.07) is 0. The van der Waals surface area contributed by atoms with Gasteiger partial charge >= 0.3 is 0 Å². The quantitative estimate of drug-likeness (QED) is 0.835. The number of amides is 1. The van der Waals surface area contributed by atoms with Crippen LogP contribution in [0.3, 0.4) is 0 Å². The Balaban J connectivity index is 1.78. The number of hydrogen-bond acceptors (Lipinski definition) is 4. The van der Waals surface area contributed by atoms with E-state index in [4.69, 9.17) is 9.47 Å². The summed E-state index contributed by atoms with van der Waals surface area (Å²) < 4.78 is 11.3. The Morgan fingerprint density at radius 3 is 2.80 bits per heavy atom. The summed E-state index contributed by atoms with van der Waals surface area (Å²) >= 11 is 0. The van der Waals surface area contributed by atoms with Gasteiger partial charge < -0.3 is 9.47 Å². The molecule has 2 fully saturated rings. The van der Waals surface area contributed by atoms with Crippen molar-refractivity contribution in [2.45, 2.75) is 58.2 Å². The van der Waals surface area contributed by atoms with Gasteiger partial charge in [-0.3, -0.25) is 10.2 Å². The van der Waals surface area contributed by atoms with Gasteiger partial charge in [-0.1, -0.05) is 26.7 Å². The molecule has 0 bridgehead atoms. The maximum atomic E-state index is 12.3. The Labute approximate surface area is 122 Å². The maximum Gasteiger partial charge on any atom is 0.263 e. The molecule has 0 spiro atoms. The number of carbonyl (C=O) groups is 1. The van der Waals surface area contributed by atoms with Crippen molar-refractivity contribution >= 4 is 5.91 Å². The van der Waals surface area contributed by atoms with Gasteiger partial charge in [-0.2, -0.15) is 0 Å². The highest BCUT2D eigenvalue weighted by molar-refractivity contribution is 5.80. The lowest BCUT2D eigenvalue weighted by Crippen LogP contribution is -2.52. The van der Waals surface area contributed by atoms with Gasteiger partial charge in [0.2, 0.25) is 0 Å². The molecule has 1 amide bonds. The number of carbonyl (C=O) groups excluding carboxylic acids is 1. The third-order valence-electron chi connectivity index (χ3n) is 4.19. The first-order valence-electron chi connectivity index (χ1n) is 7.97. The normalized spacial score (nSPS) is 29.9. The molecule has 0 aromatic heterocycles. The number of ether oxygens (including phenoxy) is 2. The Morgan fingerprint density at radius 2 is 2.15 bits per heavy atom. The van der Waals surface area contributed by atoms with Gasteiger partial charge in [0, 0.05) is 13.1 Å². The van der Waals surface area contributed by atoms with Gasteiger partial charge in [0.1, 0.15) is 6.10 Å². The molecule has 1 N–H and O–H groups in total. The van der Waals surface area contributed by atoms with E-state index in [2.05, 4.69) is 12.3 Å². The molecule has 1 aliphatic carbocycles. The second-order valence-corrected chi connectivity index (χ2v) is 6.00.